The predicted molar refractivity (Wildman–Crippen MR) is 121 cm³/mol. The molecule has 1 heterocycles. The summed E-state index contributed by atoms with van der Waals surface area (Å²) in [6, 6.07) is 8.66. The lowest BCUT2D eigenvalue weighted by Crippen LogP contribution is -2.43. The summed E-state index contributed by atoms with van der Waals surface area (Å²) in [5.74, 6) is 2.42. The Balaban J connectivity index is 0.00000338. The number of nitrogens with zero attached hydrogens (tertiary/aromatic N) is 2. The van der Waals surface area contributed by atoms with Gasteiger partial charge in [0, 0.05) is 25.2 Å². The first-order valence-corrected chi connectivity index (χ1v) is 9.54. The van der Waals surface area contributed by atoms with Crippen molar-refractivity contribution in [3.05, 3.63) is 29.8 Å². The minimum Gasteiger partial charge on any atom is -0.496 e. The van der Waals surface area contributed by atoms with Gasteiger partial charge in [-0.2, -0.15) is 0 Å². The molecule has 0 amide bonds. The molecular weight excluding hydrogens is 439 g/mol. The Morgan fingerprint density at radius 1 is 1.19 bits per heavy atom. The molecule has 0 aromatic heterocycles. The quantitative estimate of drug-likeness (QED) is 0.343. The van der Waals surface area contributed by atoms with Crippen LogP contribution < -0.4 is 15.4 Å². The van der Waals surface area contributed by atoms with Crippen LogP contribution in [0, 0.1) is 5.92 Å². The molecular formula is C20H35IN4O. The Morgan fingerprint density at radius 3 is 2.50 bits per heavy atom. The summed E-state index contributed by atoms with van der Waals surface area (Å²) in [4.78, 5) is 7.24. The predicted octanol–water partition coefficient (Wildman–Crippen LogP) is 3.66. The molecule has 0 bridgehead atoms. The van der Waals surface area contributed by atoms with Crippen molar-refractivity contribution < 1.29 is 4.74 Å². The molecule has 1 aromatic carbocycles. The molecule has 1 aliphatic rings. The van der Waals surface area contributed by atoms with Crippen LogP contribution in [-0.2, 0) is 0 Å². The van der Waals surface area contributed by atoms with E-state index in [1.165, 1.54) is 18.4 Å². The lowest BCUT2D eigenvalue weighted by atomic mass is 10.0. The van der Waals surface area contributed by atoms with Crippen LogP contribution in [0.5, 0.6) is 5.75 Å². The summed E-state index contributed by atoms with van der Waals surface area (Å²) >= 11 is 0. The van der Waals surface area contributed by atoms with E-state index in [1.807, 2.05) is 6.07 Å². The number of benzene rings is 1. The van der Waals surface area contributed by atoms with Gasteiger partial charge in [-0.05, 0) is 44.8 Å². The number of guanidine groups is 1. The lowest BCUT2D eigenvalue weighted by molar-refractivity contribution is 0.239. The van der Waals surface area contributed by atoms with Gasteiger partial charge in [-0.15, -0.1) is 24.0 Å². The van der Waals surface area contributed by atoms with Crippen LogP contribution in [0.3, 0.4) is 0 Å². The molecule has 6 heteroatoms. The number of hydrogen-bond donors (Lipinski definition) is 2. The molecule has 0 saturated carbocycles. The van der Waals surface area contributed by atoms with Crippen LogP contribution in [0.1, 0.15) is 45.2 Å². The normalized spacial score (nSPS) is 16.3. The third kappa shape index (κ3) is 6.95. The zero-order chi connectivity index (χ0) is 18.1. The van der Waals surface area contributed by atoms with Crippen LogP contribution in [0.25, 0.3) is 0 Å². The fourth-order valence-electron chi connectivity index (χ4n) is 3.24. The van der Waals surface area contributed by atoms with Crippen molar-refractivity contribution in [1.82, 2.24) is 15.5 Å². The number of aliphatic imine (C=N–C) groups is 1. The summed E-state index contributed by atoms with van der Waals surface area (Å²) in [5.41, 5.74) is 1.25. The Hall–Kier alpha value is -1.02. The maximum Gasteiger partial charge on any atom is 0.191 e. The van der Waals surface area contributed by atoms with Crippen molar-refractivity contribution in [2.24, 2.45) is 10.9 Å². The van der Waals surface area contributed by atoms with Gasteiger partial charge < -0.3 is 15.4 Å². The lowest BCUT2D eigenvalue weighted by Gasteiger charge is -2.30. The number of likely N-dealkylation sites (tertiary alicyclic amines) is 1. The number of hydrogen-bond acceptors (Lipinski definition) is 3. The van der Waals surface area contributed by atoms with Gasteiger partial charge in [-0.1, -0.05) is 32.0 Å². The van der Waals surface area contributed by atoms with Gasteiger partial charge >= 0.3 is 0 Å². The van der Waals surface area contributed by atoms with E-state index in [0.717, 1.165) is 44.4 Å². The van der Waals surface area contributed by atoms with E-state index >= 15 is 0 Å². The molecule has 2 N–H and O–H groups in total. The third-order valence-corrected chi connectivity index (χ3v) is 4.50. The summed E-state index contributed by atoms with van der Waals surface area (Å²) < 4.78 is 5.62. The highest BCUT2D eigenvalue weighted by Crippen LogP contribution is 2.31. The number of ether oxygens (including phenoxy) is 1. The SMILES string of the molecule is CCNC(=NCC(C)C)NCC(c1ccccc1OC)N1CCCC1.I. The van der Waals surface area contributed by atoms with E-state index in [2.05, 4.69) is 54.5 Å². The number of methoxy groups -OCH3 is 1. The second kappa shape index (κ2) is 12.4. The van der Waals surface area contributed by atoms with Gasteiger partial charge in [0.25, 0.3) is 0 Å². The Bertz CT molecular complexity index is 544. The maximum atomic E-state index is 5.62. The van der Waals surface area contributed by atoms with Crippen molar-refractivity contribution in [3.8, 4) is 5.75 Å². The molecule has 2 rings (SSSR count). The first kappa shape index (κ1) is 23.0. The van der Waals surface area contributed by atoms with E-state index in [0.29, 0.717) is 12.0 Å². The van der Waals surface area contributed by atoms with E-state index in [-0.39, 0.29) is 24.0 Å². The molecule has 0 aliphatic carbocycles. The summed E-state index contributed by atoms with van der Waals surface area (Å²) in [6.45, 7) is 11.3. The van der Waals surface area contributed by atoms with Gasteiger partial charge in [-0.25, -0.2) is 0 Å². The van der Waals surface area contributed by atoms with Crippen molar-refractivity contribution in [2.45, 2.75) is 39.7 Å². The number of rotatable bonds is 8. The molecule has 148 valence electrons. The Labute approximate surface area is 176 Å². The number of halogens is 1. The fourth-order valence-corrected chi connectivity index (χ4v) is 3.24. The minimum atomic E-state index is 0. The van der Waals surface area contributed by atoms with Crippen LogP contribution in [0.4, 0.5) is 0 Å². The Morgan fingerprint density at radius 2 is 1.88 bits per heavy atom. The van der Waals surface area contributed by atoms with E-state index < -0.39 is 0 Å². The highest BCUT2D eigenvalue weighted by Gasteiger charge is 2.25. The zero-order valence-corrected chi connectivity index (χ0v) is 19.0. The summed E-state index contributed by atoms with van der Waals surface area (Å²) in [6.07, 6.45) is 2.54. The third-order valence-electron chi connectivity index (χ3n) is 4.50. The highest BCUT2D eigenvalue weighted by molar-refractivity contribution is 14.0. The van der Waals surface area contributed by atoms with Crippen LogP contribution >= 0.6 is 24.0 Å². The molecule has 1 saturated heterocycles. The largest absolute Gasteiger partial charge is 0.496 e. The molecule has 1 atom stereocenters. The Kier molecular flexibility index (Phi) is 11.0. The monoisotopic (exact) mass is 474 g/mol. The second-order valence-corrected chi connectivity index (χ2v) is 7.00. The van der Waals surface area contributed by atoms with E-state index in [9.17, 15) is 0 Å². The van der Waals surface area contributed by atoms with Crippen LogP contribution in [0.15, 0.2) is 29.3 Å². The molecule has 1 aliphatic heterocycles. The van der Waals surface area contributed by atoms with Crippen molar-refractivity contribution in [2.75, 3.05) is 39.8 Å². The summed E-state index contributed by atoms with van der Waals surface area (Å²) in [5, 5.41) is 6.90. The second-order valence-electron chi connectivity index (χ2n) is 7.00. The van der Waals surface area contributed by atoms with Gasteiger partial charge in [-0.3, -0.25) is 9.89 Å². The molecule has 0 radical (unpaired) electrons. The van der Waals surface area contributed by atoms with Gasteiger partial charge in [0.1, 0.15) is 5.75 Å². The first-order chi connectivity index (χ1) is 12.2. The van der Waals surface area contributed by atoms with Gasteiger partial charge in [0.2, 0.25) is 0 Å². The van der Waals surface area contributed by atoms with Gasteiger partial charge in [0.15, 0.2) is 5.96 Å². The number of para-hydroxylation sites is 1. The van der Waals surface area contributed by atoms with Crippen molar-refractivity contribution in [1.29, 1.82) is 0 Å². The summed E-state index contributed by atoms with van der Waals surface area (Å²) in [7, 11) is 1.75. The van der Waals surface area contributed by atoms with Crippen molar-refractivity contribution in [3.63, 3.8) is 0 Å². The average molecular weight is 474 g/mol. The molecule has 1 aromatic rings. The molecule has 0 spiro atoms. The van der Waals surface area contributed by atoms with Gasteiger partial charge in [0.05, 0.1) is 13.2 Å². The van der Waals surface area contributed by atoms with Crippen molar-refractivity contribution >= 4 is 29.9 Å². The maximum absolute atomic E-state index is 5.62. The van der Waals surface area contributed by atoms with E-state index in [4.69, 9.17) is 9.73 Å². The highest BCUT2D eigenvalue weighted by atomic mass is 127. The topological polar surface area (TPSA) is 48.9 Å². The molecule has 1 fully saturated rings. The fraction of sp³-hybridized carbons (Fsp3) is 0.650. The molecule has 26 heavy (non-hydrogen) atoms. The zero-order valence-electron chi connectivity index (χ0n) is 16.6. The first-order valence-electron chi connectivity index (χ1n) is 9.54. The molecule has 5 nitrogen and oxygen atoms in total. The standard InChI is InChI=1S/C20H34N4O.HI/c1-5-21-20(22-14-16(2)3)23-15-18(24-12-8-9-13-24)17-10-6-7-11-19(17)25-4;/h6-7,10-11,16,18H,5,8-9,12-15H2,1-4H3,(H2,21,22,23);1H. The van der Waals surface area contributed by atoms with Crippen LogP contribution in [0.2, 0.25) is 0 Å². The smallest absolute Gasteiger partial charge is 0.191 e. The molecule has 1 unspecified atom stereocenters. The van der Waals surface area contributed by atoms with E-state index in [1.54, 1.807) is 7.11 Å². The number of nitrogens with one attached hydrogen (secondary N) is 2. The van der Waals surface area contributed by atoms with Crippen LogP contribution in [-0.4, -0.2) is 50.7 Å². The average Bonchev–Trinajstić information content (AvgIpc) is 3.14. The minimum absolute atomic E-state index is 0.